The Morgan fingerprint density at radius 3 is 2.71 bits per heavy atom. The van der Waals surface area contributed by atoms with Gasteiger partial charge in [-0.15, -0.1) is 0 Å². The lowest BCUT2D eigenvalue weighted by Gasteiger charge is -2.13. The molecule has 0 radical (unpaired) electrons. The summed E-state index contributed by atoms with van der Waals surface area (Å²) < 4.78 is 19.0. The van der Waals surface area contributed by atoms with Gasteiger partial charge in [0.2, 0.25) is 0 Å². The third-order valence-electron chi connectivity index (χ3n) is 2.18. The molecule has 4 heteroatoms. The average Bonchev–Trinajstić information content (AvgIpc) is 2.21. The van der Waals surface area contributed by atoms with Crippen LogP contribution in [0.1, 0.15) is 18.4 Å². The fraction of sp³-hybridized carbons (Fsp3) is 0.400. The van der Waals surface area contributed by atoms with Crippen molar-refractivity contribution in [2.45, 2.75) is 12.8 Å². The second kappa shape index (κ2) is 4.75. The summed E-state index contributed by atoms with van der Waals surface area (Å²) in [6.45, 7) is 2.31. The fourth-order valence-electron chi connectivity index (χ4n) is 1.21. The molecule has 0 aliphatic carbocycles. The van der Waals surface area contributed by atoms with Crippen LogP contribution in [0.3, 0.4) is 0 Å². The number of rotatable bonds is 3. The van der Waals surface area contributed by atoms with Crippen LogP contribution < -0.4 is 10.5 Å². The van der Waals surface area contributed by atoms with Crippen LogP contribution >= 0.6 is 15.9 Å². The lowest BCUT2D eigenvalue weighted by molar-refractivity contribution is 0.406. The maximum Gasteiger partial charge on any atom is 0.144 e. The van der Waals surface area contributed by atoms with E-state index in [1.807, 2.05) is 6.92 Å². The Kier molecular flexibility index (Phi) is 3.89. The number of ether oxygens (including phenoxy) is 1. The van der Waals surface area contributed by atoms with E-state index in [0.717, 1.165) is 0 Å². The first kappa shape index (κ1) is 11.5. The summed E-state index contributed by atoms with van der Waals surface area (Å²) in [4.78, 5) is 0. The zero-order valence-electron chi connectivity index (χ0n) is 8.18. The second-order valence-corrected chi connectivity index (χ2v) is 3.91. The minimum absolute atomic E-state index is 0.0113. The molecule has 0 saturated carbocycles. The van der Waals surface area contributed by atoms with Crippen LogP contribution in [0.5, 0.6) is 5.75 Å². The Morgan fingerprint density at radius 1 is 1.57 bits per heavy atom. The predicted molar refractivity (Wildman–Crippen MR) is 58.1 cm³/mol. The highest BCUT2D eigenvalue weighted by Crippen LogP contribution is 2.32. The largest absolute Gasteiger partial charge is 0.495 e. The number of nitrogens with two attached hydrogens (primary N) is 1. The fourth-order valence-corrected chi connectivity index (χ4v) is 1.73. The Bertz CT molecular complexity index is 330. The number of methoxy groups -OCH3 is 1. The minimum Gasteiger partial charge on any atom is -0.495 e. The van der Waals surface area contributed by atoms with Crippen LogP contribution in [-0.4, -0.2) is 13.7 Å². The standard InChI is InChI=1S/C10H13BrFNO/c1-6(5-13)7-3-4-8(14-2)9(11)10(7)12/h3-4,6H,5,13H2,1-2H3. The van der Waals surface area contributed by atoms with E-state index in [1.54, 1.807) is 12.1 Å². The first-order valence-corrected chi connectivity index (χ1v) is 5.13. The van der Waals surface area contributed by atoms with Crippen LogP contribution in [0.2, 0.25) is 0 Å². The van der Waals surface area contributed by atoms with Crippen LogP contribution in [0.4, 0.5) is 4.39 Å². The van der Waals surface area contributed by atoms with Gasteiger partial charge in [-0.2, -0.15) is 0 Å². The molecule has 0 aliphatic heterocycles. The highest BCUT2D eigenvalue weighted by atomic mass is 79.9. The molecule has 0 bridgehead atoms. The summed E-state index contributed by atoms with van der Waals surface area (Å²) in [5.41, 5.74) is 6.09. The van der Waals surface area contributed by atoms with Gasteiger partial charge in [0, 0.05) is 0 Å². The monoisotopic (exact) mass is 261 g/mol. The maximum absolute atomic E-state index is 13.7. The minimum atomic E-state index is -0.290. The van der Waals surface area contributed by atoms with E-state index in [1.165, 1.54) is 7.11 Å². The molecule has 0 aliphatic rings. The molecule has 1 atom stereocenters. The van der Waals surface area contributed by atoms with Gasteiger partial charge in [0.05, 0.1) is 11.6 Å². The number of hydrogen-bond donors (Lipinski definition) is 1. The van der Waals surface area contributed by atoms with Gasteiger partial charge >= 0.3 is 0 Å². The van der Waals surface area contributed by atoms with Gasteiger partial charge in [-0.1, -0.05) is 13.0 Å². The molecule has 1 aromatic rings. The summed E-state index contributed by atoms with van der Waals surface area (Å²) in [6.07, 6.45) is 0. The molecule has 0 aromatic heterocycles. The van der Waals surface area contributed by atoms with Crippen LogP contribution in [-0.2, 0) is 0 Å². The van der Waals surface area contributed by atoms with E-state index in [0.29, 0.717) is 22.3 Å². The van der Waals surface area contributed by atoms with Crippen LogP contribution in [0.15, 0.2) is 16.6 Å². The van der Waals surface area contributed by atoms with Gasteiger partial charge < -0.3 is 10.5 Å². The van der Waals surface area contributed by atoms with Crippen molar-refractivity contribution >= 4 is 15.9 Å². The molecule has 2 N–H and O–H groups in total. The van der Waals surface area contributed by atoms with E-state index >= 15 is 0 Å². The lowest BCUT2D eigenvalue weighted by atomic mass is 10.0. The van der Waals surface area contributed by atoms with E-state index in [2.05, 4.69) is 15.9 Å². The smallest absolute Gasteiger partial charge is 0.144 e. The van der Waals surface area contributed by atoms with Gasteiger partial charge in [0.25, 0.3) is 0 Å². The van der Waals surface area contributed by atoms with Crippen molar-refractivity contribution in [3.63, 3.8) is 0 Å². The molecule has 14 heavy (non-hydrogen) atoms. The van der Waals surface area contributed by atoms with E-state index < -0.39 is 0 Å². The SMILES string of the molecule is COc1ccc(C(C)CN)c(F)c1Br. The van der Waals surface area contributed by atoms with Crippen molar-refractivity contribution in [1.29, 1.82) is 0 Å². The maximum atomic E-state index is 13.7. The highest BCUT2D eigenvalue weighted by molar-refractivity contribution is 9.10. The third kappa shape index (κ3) is 2.07. The second-order valence-electron chi connectivity index (χ2n) is 3.12. The molecule has 0 heterocycles. The number of hydrogen-bond acceptors (Lipinski definition) is 2. The summed E-state index contributed by atoms with van der Waals surface area (Å²) in [5, 5.41) is 0. The van der Waals surface area contributed by atoms with Gasteiger partial charge in [0.1, 0.15) is 11.6 Å². The van der Waals surface area contributed by atoms with Crippen molar-refractivity contribution in [2.75, 3.05) is 13.7 Å². The van der Waals surface area contributed by atoms with E-state index in [4.69, 9.17) is 10.5 Å². The molecule has 1 unspecified atom stereocenters. The molecule has 0 saturated heterocycles. The number of halogens is 2. The lowest BCUT2D eigenvalue weighted by Crippen LogP contribution is -2.10. The zero-order valence-corrected chi connectivity index (χ0v) is 9.77. The van der Waals surface area contributed by atoms with Crippen LogP contribution in [0.25, 0.3) is 0 Å². The quantitative estimate of drug-likeness (QED) is 0.908. The predicted octanol–water partition coefficient (Wildman–Crippen LogP) is 2.66. The Balaban J connectivity index is 3.17. The van der Waals surface area contributed by atoms with Crippen molar-refractivity contribution in [1.82, 2.24) is 0 Å². The summed E-state index contributed by atoms with van der Waals surface area (Å²) in [6, 6.07) is 3.44. The highest BCUT2D eigenvalue weighted by Gasteiger charge is 2.15. The molecule has 1 aromatic carbocycles. The average molecular weight is 262 g/mol. The van der Waals surface area contributed by atoms with Crippen molar-refractivity contribution < 1.29 is 9.13 Å². The molecule has 0 spiro atoms. The third-order valence-corrected chi connectivity index (χ3v) is 2.92. The topological polar surface area (TPSA) is 35.2 Å². The molecule has 0 amide bonds. The molecule has 78 valence electrons. The van der Waals surface area contributed by atoms with Gasteiger partial charge in [0.15, 0.2) is 0 Å². The summed E-state index contributed by atoms with van der Waals surface area (Å²) in [7, 11) is 1.51. The molecule has 2 nitrogen and oxygen atoms in total. The summed E-state index contributed by atoms with van der Waals surface area (Å²) >= 11 is 3.15. The van der Waals surface area contributed by atoms with Crippen LogP contribution in [0, 0.1) is 5.82 Å². The van der Waals surface area contributed by atoms with Gasteiger partial charge in [-0.3, -0.25) is 0 Å². The number of benzene rings is 1. The molecular formula is C10H13BrFNO. The molecule has 1 rings (SSSR count). The Hall–Kier alpha value is -0.610. The van der Waals surface area contributed by atoms with Crippen molar-refractivity contribution in [3.8, 4) is 5.75 Å². The van der Waals surface area contributed by atoms with Gasteiger partial charge in [-0.05, 0) is 40.0 Å². The first-order chi connectivity index (χ1) is 6.61. The van der Waals surface area contributed by atoms with E-state index in [9.17, 15) is 4.39 Å². The summed E-state index contributed by atoms with van der Waals surface area (Å²) in [5.74, 6) is 0.218. The molecular weight excluding hydrogens is 249 g/mol. The zero-order chi connectivity index (χ0) is 10.7. The van der Waals surface area contributed by atoms with E-state index in [-0.39, 0.29) is 11.7 Å². The Labute approximate surface area is 91.4 Å². The van der Waals surface area contributed by atoms with Crippen molar-refractivity contribution in [2.24, 2.45) is 5.73 Å². The Morgan fingerprint density at radius 2 is 2.21 bits per heavy atom. The normalized spacial score (nSPS) is 12.6. The van der Waals surface area contributed by atoms with Crippen molar-refractivity contribution in [3.05, 3.63) is 28.0 Å². The first-order valence-electron chi connectivity index (χ1n) is 4.33. The molecule has 0 fully saturated rings. The van der Waals surface area contributed by atoms with Gasteiger partial charge in [-0.25, -0.2) is 4.39 Å².